The topological polar surface area (TPSA) is 9.23 Å². The highest BCUT2D eigenvalue weighted by Gasteiger charge is 2.45. The average Bonchev–Trinajstić information content (AvgIpc) is 2.64. The van der Waals surface area contributed by atoms with Crippen molar-refractivity contribution in [1.82, 2.24) is 0 Å². The van der Waals surface area contributed by atoms with E-state index < -0.39 is 0 Å². The lowest BCUT2D eigenvalue weighted by Gasteiger charge is -2.23. The summed E-state index contributed by atoms with van der Waals surface area (Å²) in [4.78, 5) is 0. The van der Waals surface area contributed by atoms with Crippen molar-refractivity contribution in [3.05, 3.63) is 48.3 Å². The number of methoxy groups -OCH3 is 1. The zero-order chi connectivity index (χ0) is 11.1. The Morgan fingerprint density at radius 2 is 1.62 bits per heavy atom. The number of fused-ring (bicyclic) bond motifs is 3. The van der Waals surface area contributed by atoms with Gasteiger partial charge in [-0.15, -0.1) is 0 Å². The molecule has 1 heteroatoms. The van der Waals surface area contributed by atoms with Gasteiger partial charge in [-0.3, -0.25) is 0 Å². The smallest absolute Gasteiger partial charge is 0.114 e. The summed E-state index contributed by atoms with van der Waals surface area (Å²) in [5, 5.41) is 0. The van der Waals surface area contributed by atoms with Crippen LogP contribution in [0.5, 0.6) is 0 Å². The summed E-state index contributed by atoms with van der Waals surface area (Å²) in [5.74, 6) is 4.44. The molecule has 0 radical (unpaired) electrons. The van der Waals surface area contributed by atoms with Gasteiger partial charge in [-0.05, 0) is 41.7 Å². The lowest BCUT2D eigenvalue weighted by atomic mass is 9.83. The Morgan fingerprint density at radius 3 is 2.38 bits per heavy atom. The van der Waals surface area contributed by atoms with E-state index in [1.54, 1.807) is 7.11 Å². The maximum absolute atomic E-state index is 5.35. The van der Waals surface area contributed by atoms with Crippen molar-refractivity contribution in [2.24, 2.45) is 29.6 Å². The van der Waals surface area contributed by atoms with Crippen LogP contribution < -0.4 is 0 Å². The molecule has 5 unspecified atom stereocenters. The third kappa shape index (κ3) is 1.31. The van der Waals surface area contributed by atoms with Crippen molar-refractivity contribution in [3.8, 4) is 0 Å². The first kappa shape index (κ1) is 9.95. The fourth-order valence-electron chi connectivity index (χ4n) is 3.53. The largest absolute Gasteiger partial charge is 0.497 e. The first-order valence-corrected chi connectivity index (χ1v) is 6.10. The van der Waals surface area contributed by atoms with E-state index in [0.717, 1.165) is 11.7 Å². The number of hydrogen-bond donors (Lipinski definition) is 0. The van der Waals surface area contributed by atoms with Crippen molar-refractivity contribution in [3.63, 3.8) is 0 Å². The second-order valence-electron chi connectivity index (χ2n) is 5.07. The van der Waals surface area contributed by atoms with Crippen LogP contribution in [0.2, 0.25) is 0 Å². The number of allylic oxidation sites excluding steroid dienone is 7. The van der Waals surface area contributed by atoms with Gasteiger partial charge in [0.25, 0.3) is 0 Å². The van der Waals surface area contributed by atoms with Crippen molar-refractivity contribution in [1.29, 1.82) is 0 Å². The molecule has 3 aliphatic carbocycles. The Morgan fingerprint density at radius 1 is 0.938 bits per heavy atom. The molecule has 0 saturated heterocycles. The monoisotopic (exact) mass is 214 g/mol. The quantitative estimate of drug-likeness (QED) is 0.650. The van der Waals surface area contributed by atoms with Gasteiger partial charge in [0.1, 0.15) is 5.76 Å². The van der Waals surface area contributed by atoms with Crippen LogP contribution in [0, 0.1) is 29.6 Å². The lowest BCUT2D eigenvalue weighted by Crippen LogP contribution is -2.16. The van der Waals surface area contributed by atoms with Crippen LogP contribution in [0.4, 0.5) is 0 Å². The van der Waals surface area contributed by atoms with E-state index in [-0.39, 0.29) is 0 Å². The molecule has 84 valence electrons. The van der Waals surface area contributed by atoms with Gasteiger partial charge in [-0.2, -0.15) is 0 Å². The van der Waals surface area contributed by atoms with E-state index in [1.807, 2.05) is 0 Å². The summed E-state index contributed by atoms with van der Waals surface area (Å²) < 4.78 is 5.35. The van der Waals surface area contributed by atoms with E-state index in [4.69, 9.17) is 4.74 Å². The van der Waals surface area contributed by atoms with Crippen molar-refractivity contribution in [2.45, 2.75) is 6.92 Å². The van der Waals surface area contributed by atoms with Crippen LogP contribution >= 0.6 is 0 Å². The Labute approximate surface area is 97.2 Å². The van der Waals surface area contributed by atoms with E-state index in [0.29, 0.717) is 23.7 Å². The van der Waals surface area contributed by atoms with Crippen LogP contribution in [-0.2, 0) is 4.74 Å². The Kier molecular flexibility index (Phi) is 2.27. The second-order valence-corrected chi connectivity index (χ2v) is 5.07. The standard InChI is InChI=1S/C15H18O/c1-10-12-5-3-4-6-14(12)15-9-11(16-2)7-8-13(10)15/h3-10,12-15H,1-2H3. The van der Waals surface area contributed by atoms with E-state index in [9.17, 15) is 0 Å². The van der Waals surface area contributed by atoms with E-state index >= 15 is 0 Å². The number of hydrogen-bond acceptors (Lipinski definition) is 1. The first-order chi connectivity index (χ1) is 7.81. The normalized spacial score (nSPS) is 43.9. The predicted molar refractivity (Wildman–Crippen MR) is 65.6 cm³/mol. The van der Waals surface area contributed by atoms with Gasteiger partial charge in [-0.25, -0.2) is 0 Å². The molecule has 1 saturated carbocycles. The van der Waals surface area contributed by atoms with Crippen LogP contribution in [0.1, 0.15) is 6.92 Å². The molecule has 3 rings (SSSR count). The van der Waals surface area contributed by atoms with Crippen molar-refractivity contribution < 1.29 is 4.74 Å². The molecule has 0 heterocycles. The summed E-state index contributed by atoms with van der Waals surface area (Å²) in [5.41, 5.74) is 0. The summed E-state index contributed by atoms with van der Waals surface area (Å²) >= 11 is 0. The molecule has 1 nitrogen and oxygen atoms in total. The SMILES string of the molecule is COC1=CC2C(C=C1)C(C)C1C=CC=CC12. The maximum Gasteiger partial charge on any atom is 0.114 e. The number of ether oxygens (including phenoxy) is 1. The van der Waals surface area contributed by atoms with Crippen LogP contribution in [0.15, 0.2) is 48.3 Å². The lowest BCUT2D eigenvalue weighted by molar-refractivity contribution is 0.291. The highest BCUT2D eigenvalue weighted by Crippen LogP contribution is 2.51. The van der Waals surface area contributed by atoms with Gasteiger partial charge < -0.3 is 4.74 Å². The number of rotatable bonds is 1. The fraction of sp³-hybridized carbons (Fsp3) is 0.467. The third-order valence-corrected chi connectivity index (χ3v) is 4.40. The van der Waals surface area contributed by atoms with Crippen molar-refractivity contribution >= 4 is 0 Å². The molecule has 0 bridgehead atoms. The summed E-state index contributed by atoms with van der Waals surface area (Å²) in [6.45, 7) is 2.38. The molecule has 0 aromatic carbocycles. The predicted octanol–water partition coefficient (Wildman–Crippen LogP) is 3.33. The Bertz CT molecular complexity index is 400. The minimum atomic E-state index is 0.626. The molecule has 0 aromatic heterocycles. The molecule has 16 heavy (non-hydrogen) atoms. The molecule has 1 fully saturated rings. The minimum Gasteiger partial charge on any atom is -0.497 e. The molecule has 0 spiro atoms. The molecule has 3 aliphatic rings. The summed E-state index contributed by atoms with van der Waals surface area (Å²) in [6.07, 6.45) is 15.9. The zero-order valence-electron chi connectivity index (χ0n) is 9.84. The van der Waals surface area contributed by atoms with Crippen molar-refractivity contribution in [2.75, 3.05) is 7.11 Å². The van der Waals surface area contributed by atoms with Gasteiger partial charge in [0, 0.05) is 0 Å². The van der Waals surface area contributed by atoms with Crippen LogP contribution in [-0.4, -0.2) is 7.11 Å². The Hall–Kier alpha value is -1.24. The van der Waals surface area contributed by atoms with Gasteiger partial charge >= 0.3 is 0 Å². The van der Waals surface area contributed by atoms with Gasteiger partial charge in [0.2, 0.25) is 0 Å². The minimum absolute atomic E-state index is 0.626. The molecule has 5 atom stereocenters. The average molecular weight is 214 g/mol. The first-order valence-electron chi connectivity index (χ1n) is 6.10. The third-order valence-electron chi connectivity index (χ3n) is 4.40. The highest BCUT2D eigenvalue weighted by atomic mass is 16.5. The molecule has 0 aliphatic heterocycles. The molecule has 0 aromatic rings. The summed E-state index contributed by atoms with van der Waals surface area (Å²) in [6, 6.07) is 0. The Balaban J connectivity index is 1.96. The van der Waals surface area contributed by atoms with Crippen LogP contribution in [0.3, 0.4) is 0 Å². The molecule has 0 amide bonds. The van der Waals surface area contributed by atoms with Gasteiger partial charge in [-0.1, -0.05) is 37.3 Å². The van der Waals surface area contributed by atoms with E-state index in [1.165, 1.54) is 0 Å². The van der Waals surface area contributed by atoms with Gasteiger partial charge in [0.15, 0.2) is 0 Å². The second kappa shape index (κ2) is 3.65. The zero-order valence-corrected chi connectivity index (χ0v) is 9.84. The highest BCUT2D eigenvalue weighted by molar-refractivity contribution is 5.30. The molecular formula is C15H18O. The molecular weight excluding hydrogens is 196 g/mol. The summed E-state index contributed by atoms with van der Waals surface area (Å²) in [7, 11) is 1.75. The fourth-order valence-corrected chi connectivity index (χ4v) is 3.53. The van der Waals surface area contributed by atoms with Gasteiger partial charge in [0.05, 0.1) is 7.11 Å². The molecule has 0 N–H and O–H groups in total. The van der Waals surface area contributed by atoms with E-state index in [2.05, 4.69) is 49.5 Å². The maximum atomic E-state index is 5.35. The van der Waals surface area contributed by atoms with Crippen LogP contribution in [0.25, 0.3) is 0 Å².